The second-order valence-corrected chi connectivity index (χ2v) is 5.77. The van der Waals surface area contributed by atoms with E-state index in [2.05, 4.69) is 22.3 Å². The summed E-state index contributed by atoms with van der Waals surface area (Å²) in [5, 5.41) is 2.97. The lowest BCUT2D eigenvalue weighted by molar-refractivity contribution is -0.125. The van der Waals surface area contributed by atoms with Crippen LogP contribution in [0.3, 0.4) is 0 Å². The summed E-state index contributed by atoms with van der Waals surface area (Å²) in [4.78, 5) is 14.4. The Hall–Kier alpha value is -1.75. The number of hydrogen-bond acceptors (Lipinski definition) is 3. The predicted molar refractivity (Wildman–Crippen MR) is 110 cm³/mol. The molecule has 0 saturated carbocycles. The van der Waals surface area contributed by atoms with Gasteiger partial charge in [0.1, 0.15) is 0 Å². The number of nitrogens with zero attached hydrogens (tertiary/aromatic N) is 1. The van der Waals surface area contributed by atoms with E-state index in [0.717, 1.165) is 17.8 Å². The van der Waals surface area contributed by atoms with Gasteiger partial charge in [0.15, 0.2) is 0 Å². The maximum absolute atomic E-state index is 12.3. The minimum Gasteiger partial charge on any atom is -0.373 e. The first-order valence-electron chi connectivity index (χ1n) is 7.94. The third-order valence-corrected chi connectivity index (χ3v) is 4.08. The smallest absolute Gasteiger partial charge is 0.224 e. The number of carbonyl (C=O) groups is 1. The Kier molecular flexibility index (Phi) is 10.9. The number of amides is 1. The van der Waals surface area contributed by atoms with Crippen LogP contribution < -0.4 is 16.0 Å². The van der Waals surface area contributed by atoms with Crippen molar-refractivity contribution in [2.45, 2.75) is 13.0 Å². The van der Waals surface area contributed by atoms with Crippen molar-refractivity contribution < 1.29 is 4.79 Å². The molecule has 2 unspecified atom stereocenters. The van der Waals surface area contributed by atoms with E-state index in [1.807, 2.05) is 62.5 Å². The number of para-hydroxylation sites is 1. The van der Waals surface area contributed by atoms with Crippen molar-refractivity contribution in [2.75, 3.05) is 25.0 Å². The van der Waals surface area contributed by atoms with Crippen LogP contribution in [0, 0.1) is 5.92 Å². The molecule has 0 aliphatic rings. The van der Waals surface area contributed by atoms with E-state index in [1.54, 1.807) is 0 Å². The standard InChI is InChI=1S/C19H25N3O.2ClH/c1-15(18(20)16-9-5-3-6-10-16)19(23)21-13-14-22(2)17-11-7-4-8-12-17;;/h3-12,15,18H,13-14,20H2,1-2H3,(H,21,23);2*1H. The largest absolute Gasteiger partial charge is 0.373 e. The Bertz CT molecular complexity index is 611. The van der Waals surface area contributed by atoms with Gasteiger partial charge in [-0.1, -0.05) is 55.5 Å². The van der Waals surface area contributed by atoms with E-state index in [0.29, 0.717) is 6.54 Å². The summed E-state index contributed by atoms with van der Waals surface area (Å²) in [6.07, 6.45) is 0. The number of hydrogen-bond donors (Lipinski definition) is 2. The highest BCUT2D eigenvalue weighted by Crippen LogP contribution is 2.19. The van der Waals surface area contributed by atoms with Gasteiger partial charge in [-0.25, -0.2) is 0 Å². The number of rotatable bonds is 7. The summed E-state index contributed by atoms with van der Waals surface area (Å²) in [5.74, 6) is -0.276. The molecule has 2 rings (SSSR count). The van der Waals surface area contributed by atoms with Crippen LogP contribution in [-0.4, -0.2) is 26.0 Å². The third-order valence-electron chi connectivity index (χ3n) is 4.08. The molecule has 25 heavy (non-hydrogen) atoms. The SMILES string of the molecule is CC(C(=O)NCCN(C)c1ccccc1)C(N)c1ccccc1.Cl.Cl. The van der Waals surface area contributed by atoms with Gasteiger partial charge in [0, 0.05) is 31.9 Å². The van der Waals surface area contributed by atoms with Crippen molar-refractivity contribution in [3.8, 4) is 0 Å². The van der Waals surface area contributed by atoms with Crippen LogP contribution >= 0.6 is 24.8 Å². The zero-order chi connectivity index (χ0) is 16.7. The average Bonchev–Trinajstić information content (AvgIpc) is 2.61. The molecule has 4 nitrogen and oxygen atoms in total. The molecule has 0 aliphatic carbocycles. The van der Waals surface area contributed by atoms with E-state index < -0.39 is 0 Å². The molecule has 0 saturated heterocycles. The van der Waals surface area contributed by atoms with Gasteiger partial charge in [-0.05, 0) is 17.7 Å². The maximum Gasteiger partial charge on any atom is 0.224 e. The minimum absolute atomic E-state index is 0. The van der Waals surface area contributed by atoms with Crippen LogP contribution in [0.4, 0.5) is 5.69 Å². The van der Waals surface area contributed by atoms with E-state index >= 15 is 0 Å². The van der Waals surface area contributed by atoms with Crippen molar-refractivity contribution in [3.05, 3.63) is 66.2 Å². The molecule has 0 aromatic heterocycles. The number of benzene rings is 2. The fourth-order valence-electron chi connectivity index (χ4n) is 2.45. The fourth-order valence-corrected chi connectivity index (χ4v) is 2.45. The first-order chi connectivity index (χ1) is 11.1. The number of carbonyl (C=O) groups excluding carboxylic acids is 1. The van der Waals surface area contributed by atoms with Gasteiger partial charge in [0.2, 0.25) is 5.91 Å². The molecular formula is C19H27Cl2N3O. The molecule has 2 aromatic rings. The zero-order valence-electron chi connectivity index (χ0n) is 14.6. The first-order valence-corrected chi connectivity index (χ1v) is 7.94. The molecule has 1 amide bonds. The van der Waals surface area contributed by atoms with Crippen LogP contribution in [-0.2, 0) is 4.79 Å². The number of nitrogens with two attached hydrogens (primary N) is 1. The lowest BCUT2D eigenvalue weighted by Gasteiger charge is -2.22. The summed E-state index contributed by atoms with van der Waals surface area (Å²) in [6.45, 7) is 3.22. The van der Waals surface area contributed by atoms with Crippen LogP contribution in [0.1, 0.15) is 18.5 Å². The molecule has 2 aromatic carbocycles. The molecule has 0 heterocycles. The molecule has 0 fully saturated rings. The van der Waals surface area contributed by atoms with E-state index in [1.165, 1.54) is 0 Å². The summed E-state index contributed by atoms with van der Waals surface area (Å²) >= 11 is 0. The molecule has 3 N–H and O–H groups in total. The van der Waals surface area contributed by atoms with Crippen molar-refractivity contribution >= 4 is 36.4 Å². The number of anilines is 1. The molecule has 6 heteroatoms. The molecule has 0 spiro atoms. The average molecular weight is 384 g/mol. The van der Waals surface area contributed by atoms with Crippen molar-refractivity contribution in [1.29, 1.82) is 0 Å². The van der Waals surface area contributed by atoms with E-state index in [4.69, 9.17) is 5.73 Å². The highest BCUT2D eigenvalue weighted by molar-refractivity contribution is 5.85. The topological polar surface area (TPSA) is 58.4 Å². The van der Waals surface area contributed by atoms with Crippen LogP contribution in [0.15, 0.2) is 60.7 Å². The van der Waals surface area contributed by atoms with Gasteiger partial charge >= 0.3 is 0 Å². The number of likely N-dealkylation sites (N-methyl/N-ethyl adjacent to an activating group) is 1. The number of halogens is 2. The predicted octanol–water partition coefficient (Wildman–Crippen LogP) is 3.42. The normalized spacial score (nSPS) is 12.1. The second-order valence-electron chi connectivity index (χ2n) is 5.77. The Balaban J connectivity index is 0.00000288. The molecule has 0 radical (unpaired) electrons. The third kappa shape index (κ3) is 6.94. The first kappa shape index (κ1) is 23.2. The van der Waals surface area contributed by atoms with Gasteiger partial charge in [-0.2, -0.15) is 0 Å². The Morgan fingerprint density at radius 3 is 2.12 bits per heavy atom. The Labute approximate surface area is 162 Å². The Morgan fingerprint density at radius 2 is 1.56 bits per heavy atom. The van der Waals surface area contributed by atoms with Gasteiger partial charge < -0.3 is 16.0 Å². The van der Waals surface area contributed by atoms with Gasteiger partial charge in [0.05, 0.1) is 5.92 Å². The van der Waals surface area contributed by atoms with Gasteiger partial charge in [-0.15, -0.1) is 24.8 Å². The summed E-state index contributed by atoms with van der Waals surface area (Å²) in [7, 11) is 2.01. The summed E-state index contributed by atoms with van der Waals surface area (Å²) in [5.41, 5.74) is 8.31. The molecule has 0 aliphatic heterocycles. The van der Waals surface area contributed by atoms with Crippen LogP contribution in [0.5, 0.6) is 0 Å². The lowest BCUT2D eigenvalue weighted by Crippen LogP contribution is -2.39. The maximum atomic E-state index is 12.3. The molecule has 2 atom stereocenters. The van der Waals surface area contributed by atoms with E-state index in [9.17, 15) is 4.79 Å². The van der Waals surface area contributed by atoms with Crippen molar-refractivity contribution in [1.82, 2.24) is 5.32 Å². The van der Waals surface area contributed by atoms with Gasteiger partial charge in [-0.3, -0.25) is 4.79 Å². The fraction of sp³-hybridized carbons (Fsp3) is 0.316. The zero-order valence-corrected chi connectivity index (χ0v) is 16.2. The molecule has 0 bridgehead atoms. The highest BCUT2D eigenvalue weighted by atomic mass is 35.5. The van der Waals surface area contributed by atoms with Gasteiger partial charge in [0.25, 0.3) is 0 Å². The summed E-state index contributed by atoms with van der Waals surface area (Å²) in [6, 6.07) is 19.6. The molecule has 138 valence electrons. The minimum atomic E-state index is -0.289. The monoisotopic (exact) mass is 383 g/mol. The quantitative estimate of drug-likeness (QED) is 0.769. The number of nitrogens with one attached hydrogen (secondary N) is 1. The van der Waals surface area contributed by atoms with Crippen LogP contribution in [0.25, 0.3) is 0 Å². The van der Waals surface area contributed by atoms with Crippen molar-refractivity contribution in [2.24, 2.45) is 11.7 Å². The van der Waals surface area contributed by atoms with E-state index in [-0.39, 0.29) is 42.7 Å². The lowest BCUT2D eigenvalue weighted by atomic mass is 9.95. The summed E-state index contributed by atoms with van der Waals surface area (Å²) < 4.78 is 0. The second kappa shape index (κ2) is 11.7. The Morgan fingerprint density at radius 1 is 1.04 bits per heavy atom. The van der Waals surface area contributed by atoms with Crippen molar-refractivity contribution in [3.63, 3.8) is 0 Å². The molecular weight excluding hydrogens is 357 g/mol. The highest BCUT2D eigenvalue weighted by Gasteiger charge is 2.21. The van der Waals surface area contributed by atoms with Crippen LogP contribution in [0.2, 0.25) is 0 Å².